The zero-order valence-corrected chi connectivity index (χ0v) is 17.5. The maximum Gasteiger partial charge on any atom is 0.0572 e. The molecule has 0 unspecified atom stereocenters. The van der Waals surface area contributed by atoms with E-state index in [-0.39, 0.29) is 0 Å². The van der Waals surface area contributed by atoms with Crippen molar-refractivity contribution in [1.29, 1.82) is 0 Å². The molecule has 3 rings (SSSR count). The first-order valence-electron chi connectivity index (χ1n) is 11.8. The molecule has 0 aromatic carbocycles. The molecule has 1 nitrogen and oxygen atoms in total. The highest BCUT2D eigenvalue weighted by Gasteiger charge is 2.30. The highest BCUT2D eigenvalue weighted by Crippen LogP contribution is 2.42. The van der Waals surface area contributed by atoms with E-state index < -0.39 is 0 Å². The molecule has 3 aliphatic rings. The van der Waals surface area contributed by atoms with Gasteiger partial charge in [-0.15, -0.1) is 0 Å². The molecule has 3 aliphatic carbocycles. The zero-order valence-electron chi connectivity index (χ0n) is 17.5. The van der Waals surface area contributed by atoms with Gasteiger partial charge in [0.25, 0.3) is 0 Å². The minimum atomic E-state index is 0.501. The number of ether oxygens (including phenoxy) is 1. The first-order valence-corrected chi connectivity index (χ1v) is 11.8. The van der Waals surface area contributed by atoms with Gasteiger partial charge in [-0.1, -0.05) is 50.9 Å². The van der Waals surface area contributed by atoms with Crippen molar-refractivity contribution in [2.24, 2.45) is 29.6 Å². The fourth-order valence-corrected chi connectivity index (χ4v) is 5.85. The van der Waals surface area contributed by atoms with Crippen LogP contribution in [0.15, 0.2) is 0 Å². The second-order valence-corrected chi connectivity index (χ2v) is 9.53. The molecule has 148 valence electrons. The van der Waals surface area contributed by atoms with Crippen LogP contribution in [-0.2, 0) is 4.74 Å². The molecule has 0 atom stereocenters. The lowest BCUT2D eigenvalue weighted by molar-refractivity contribution is 0.0636. The van der Waals surface area contributed by atoms with Crippen molar-refractivity contribution in [2.75, 3.05) is 7.11 Å². The maximum absolute atomic E-state index is 5.48. The molecule has 3 saturated carbocycles. The lowest BCUT2D eigenvalue weighted by Crippen LogP contribution is -2.25. The van der Waals surface area contributed by atoms with E-state index in [1.807, 2.05) is 7.11 Å². The van der Waals surface area contributed by atoms with Crippen molar-refractivity contribution in [1.82, 2.24) is 0 Å². The van der Waals surface area contributed by atoms with E-state index in [2.05, 4.69) is 18.8 Å². The SMILES string of the molecule is CCCCC1CCC(C2CCC(C#CC3CCC(OC)CC3)CC2)CC1. The van der Waals surface area contributed by atoms with Crippen molar-refractivity contribution in [3.05, 3.63) is 0 Å². The number of hydrogen-bond donors (Lipinski definition) is 0. The average molecular weight is 359 g/mol. The van der Waals surface area contributed by atoms with Crippen molar-refractivity contribution in [3.63, 3.8) is 0 Å². The Kier molecular flexibility index (Phi) is 8.38. The van der Waals surface area contributed by atoms with Gasteiger partial charge in [0, 0.05) is 18.9 Å². The molecule has 0 saturated heterocycles. The molecule has 0 aliphatic heterocycles. The summed E-state index contributed by atoms with van der Waals surface area (Å²) < 4.78 is 5.48. The third kappa shape index (κ3) is 6.02. The summed E-state index contributed by atoms with van der Waals surface area (Å²) in [5.74, 6) is 11.8. The Morgan fingerprint density at radius 1 is 0.692 bits per heavy atom. The molecule has 0 N–H and O–H groups in total. The van der Waals surface area contributed by atoms with E-state index in [9.17, 15) is 0 Å². The summed E-state index contributed by atoms with van der Waals surface area (Å²) in [6.07, 6.45) is 21.5. The predicted molar refractivity (Wildman–Crippen MR) is 111 cm³/mol. The standard InChI is InChI=1S/C25H42O/c1-3-4-5-20-8-14-23(15-9-20)24-16-10-21(11-17-24)6-7-22-12-18-25(26-2)19-13-22/h20-25H,3-5,8-19H2,1-2H3. The van der Waals surface area contributed by atoms with E-state index in [1.54, 1.807) is 0 Å². The topological polar surface area (TPSA) is 9.23 Å². The van der Waals surface area contributed by atoms with Gasteiger partial charge < -0.3 is 4.74 Å². The van der Waals surface area contributed by atoms with Crippen molar-refractivity contribution >= 4 is 0 Å². The van der Waals surface area contributed by atoms with E-state index in [4.69, 9.17) is 4.74 Å². The van der Waals surface area contributed by atoms with Gasteiger partial charge in [-0.25, -0.2) is 0 Å². The number of methoxy groups -OCH3 is 1. The highest BCUT2D eigenvalue weighted by atomic mass is 16.5. The quantitative estimate of drug-likeness (QED) is 0.481. The lowest BCUT2D eigenvalue weighted by Gasteiger charge is -2.37. The van der Waals surface area contributed by atoms with Crippen molar-refractivity contribution in [3.8, 4) is 11.8 Å². The van der Waals surface area contributed by atoms with E-state index >= 15 is 0 Å². The van der Waals surface area contributed by atoms with Crippen LogP contribution in [0.1, 0.15) is 103 Å². The molecule has 0 heterocycles. The molecule has 0 amide bonds. The maximum atomic E-state index is 5.48. The van der Waals surface area contributed by atoms with Gasteiger partial charge in [0.2, 0.25) is 0 Å². The Morgan fingerprint density at radius 3 is 1.69 bits per heavy atom. The molecular formula is C25H42O. The first kappa shape index (κ1) is 20.3. The fourth-order valence-electron chi connectivity index (χ4n) is 5.85. The molecule has 1 heteroatoms. The lowest BCUT2D eigenvalue weighted by atomic mass is 9.68. The number of unbranched alkanes of at least 4 members (excludes halogenated alkanes) is 1. The largest absolute Gasteiger partial charge is 0.381 e. The Bertz CT molecular complexity index is 435. The Labute approximate surface area is 163 Å². The molecule has 0 bridgehead atoms. The van der Waals surface area contributed by atoms with Gasteiger partial charge in [-0.3, -0.25) is 0 Å². The molecule has 0 aromatic heterocycles. The minimum absolute atomic E-state index is 0.501. The molecule has 3 fully saturated rings. The van der Waals surface area contributed by atoms with Crippen LogP contribution in [0, 0.1) is 41.4 Å². The molecule has 26 heavy (non-hydrogen) atoms. The Hall–Kier alpha value is -0.480. The van der Waals surface area contributed by atoms with Gasteiger partial charge in [-0.05, 0) is 82.0 Å². The van der Waals surface area contributed by atoms with Gasteiger partial charge in [0.1, 0.15) is 0 Å². The monoisotopic (exact) mass is 358 g/mol. The second kappa shape index (κ2) is 10.8. The van der Waals surface area contributed by atoms with Crippen LogP contribution in [0.25, 0.3) is 0 Å². The van der Waals surface area contributed by atoms with Crippen LogP contribution in [-0.4, -0.2) is 13.2 Å². The summed E-state index contributed by atoms with van der Waals surface area (Å²) >= 11 is 0. The van der Waals surface area contributed by atoms with Gasteiger partial charge in [0.05, 0.1) is 6.10 Å². The molecule has 0 aromatic rings. The predicted octanol–water partition coefficient (Wildman–Crippen LogP) is 7.00. The van der Waals surface area contributed by atoms with Gasteiger partial charge >= 0.3 is 0 Å². The smallest absolute Gasteiger partial charge is 0.0572 e. The third-order valence-electron chi connectivity index (χ3n) is 7.79. The highest BCUT2D eigenvalue weighted by molar-refractivity contribution is 5.09. The summed E-state index contributed by atoms with van der Waals surface area (Å²) in [6, 6.07) is 0. The zero-order chi connectivity index (χ0) is 18.2. The van der Waals surface area contributed by atoms with E-state index in [0.29, 0.717) is 17.9 Å². The molecule has 0 spiro atoms. The van der Waals surface area contributed by atoms with Crippen LogP contribution in [0.5, 0.6) is 0 Å². The van der Waals surface area contributed by atoms with Crippen LogP contribution < -0.4 is 0 Å². The third-order valence-corrected chi connectivity index (χ3v) is 7.79. The van der Waals surface area contributed by atoms with E-state index in [1.165, 1.54) is 96.3 Å². The summed E-state index contributed by atoms with van der Waals surface area (Å²) in [5, 5.41) is 0. The van der Waals surface area contributed by atoms with Crippen LogP contribution >= 0.6 is 0 Å². The molecular weight excluding hydrogens is 316 g/mol. The summed E-state index contributed by atoms with van der Waals surface area (Å²) in [5.41, 5.74) is 0. The number of hydrogen-bond acceptors (Lipinski definition) is 1. The van der Waals surface area contributed by atoms with Gasteiger partial charge in [-0.2, -0.15) is 0 Å². The normalized spacial score (nSPS) is 38.4. The van der Waals surface area contributed by atoms with Crippen molar-refractivity contribution in [2.45, 2.75) is 109 Å². The Balaban J connectivity index is 1.34. The molecule has 0 radical (unpaired) electrons. The summed E-state index contributed by atoms with van der Waals surface area (Å²) in [6.45, 7) is 2.33. The first-order chi connectivity index (χ1) is 12.8. The van der Waals surface area contributed by atoms with Gasteiger partial charge in [0.15, 0.2) is 0 Å². The van der Waals surface area contributed by atoms with Crippen molar-refractivity contribution < 1.29 is 4.74 Å². The van der Waals surface area contributed by atoms with Crippen LogP contribution in [0.4, 0.5) is 0 Å². The second-order valence-electron chi connectivity index (χ2n) is 9.53. The Morgan fingerprint density at radius 2 is 1.19 bits per heavy atom. The van der Waals surface area contributed by atoms with Crippen LogP contribution in [0.3, 0.4) is 0 Å². The summed E-state index contributed by atoms with van der Waals surface area (Å²) in [7, 11) is 1.85. The average Bonchev–Trinajstić information content (AvgIpc) is 2.72. The number of rotatable bonds is 5. The van der Waals surface area contributed by atoms with Crippen LogP contribution in [0.2, 0.25) is 0 Å². The fraction of sp³-hybridized carbons (Fsp3) is 0.920. The van der Waals surface area contributed by atoms with E-state index in [0.717, 1.165) is 17.8 Å². The minimum Gasteiger partial charge on any atom is -0.381 e. The summed E-state index contributed by atoms with van der Waals surface area (Å²) in [4.78, 5) is 0.